The summed E-state index contributed by atoms with van der Waals surface area (Å²) in [5.74, 6) is 0.573. The van der Waals surface area contributed by atoms with Gasteiger partial charge in [-0.3, -0.25) is 6.08 Å². The number of benzene rings is 4. The van der Waals surface area contributed by atoms with Gasteiger partial charge in [0.05, 0.1) is 0 Å². The van der Waals surface area contributed by atoms with Crippen molar-refractivity contribution in [3.05, 3.63) is 149 Å². The Labute approximate surface area is 305 Å². The molecule has 0 nitrogen and oxygen atoms in total. The minimum Gasteiger partial charge on any atom is -1.00 e. The van der Waals surface area contributed by atoms with E-state index in [9.17, 15) is 26.3 Å². The smallest absolute Gasteiger partial charge is 0.0771 e. The molecule has 1 aliphatic rings. The third-order valence-electron chi connectivity index (χ3n) is 7.66. The fourth-order valence-electron chi connectivity index (χ4n) is 4.93. The average molecular weight is 779 g/mol. The van der Waals surface area contributed by atoms with Crippen LogP contribution in [0.4, 0.5) is 26.3 Å². The first-order valence-electron chi connectivity index (χ1n) is 14.9. The van der Waals surface area contributed by atoms with E-state index in [1.54, 1.807) is 0 Å². The molecule has 0 amide bonds. The van der Waals surface area contributed by atoms with Gasteiger partial charge in [-0.25, -0.2) is 6.08 Å². The van der Waals surface area contributed by atoms with Crippen molar-refractivity contribution in [2.75, 3.05) is 0 Å². The van der Waals surface area contributed by atoms with Gasteiger partial charge in [-0.2, -0.15) is 11.6 Å². The Balaban J connectivity index is 0.000000263. The van der Waals surface area contributed by atoms with Crippen molar-refractivity contribution in [3.8, 4) is 0 Å². The van der Waals surface area contributed by atoms with Gasteiger partial charge >= 0.3 is 137 Å². The predicted octanol–water partition coefficient (Wildman–Crippen LogP) is 5.92. The summed E-state index contributed by atoms with van der Waals surface area (Å²) >= 11 is 0.898. The maximum absolute atomic E-state index is 12.5. The third kappa shape index (κ3) is 10.8. The second-order valence-corrected chi connectivity index (χ2v) is 13.3. The second kappa shape index (κ2) is 17.2. The maximum Gasteiger partial charge on any atom is -0.0771 e. The fraction of sp³-hybridized carbons (Fsp3) is 0.231. The predicted molar refractivity (Wildman–Crippen MR) is 172 cm³/mol. The SMILES string of the molecule is CCC1[C-]=CC(C(C)(C)C)=C1.FC(F)(F)c1ccc([C](=[Zr+2])c2ccc(C(F)(F)F)cc2)cc1.[Cl-].[Cl-].c1ccc2c(c1)[cH-]c1ccccc12. The molecule has 0 heterocycles. The molecule has 0 radical (unpaired) electrons. The largest absolute Gasteiger partial charge is 1.00 e. The zero-order valence-corrected chi connectivity index (χ0v) is 30.7. The standard InChI is InChI=1S/C15H8F6.C13H9.C11H17.2ClH.Zr/c16-14(17,18)12-5-1-10(2-6-12)9-11-3-7-13(8-4-11)15(19,20)21;1-3-7-12-10(5-1)9-11-6-2-4-8-13(11)12;1-5-9-6-7-10(8-9)11(2,3)4;;;/h1-8H;1-9H;7-9H,5H2,1-4H3;2*1H;/q;2*-1;;;+2/p-2. The van der Waals surface area contributed by atoms with Crippen LogP contribution in [0.3, 0.4) is 0 Å². The topological polar surface area (TPSA) is 0 Å². The summed E-state index contributed by atoms with van der Waals surface area (Å²) in [7, 11) is 0. The summed E-state index contributed by atoms with van der Waals surface area (Å²) in [6.07, 6.45) is 0.185. The first-order valence-corrected chi connectivity index (χ1v) is 16.1. The van der Waals surface area contributed by atoms with Crippen molar-refractivity contribution >= 4 is 24.8 Å². The van der Waals surface area contributed by atoms with E-state index in [2.05, 4.69) is 101 Å². The number of halogens is 8. The van der Waals surface area contributed by atoms with Gasteiger partial charge in [-0.1, -0.05) is 81.8 Å². The summed E-state index contributed by atoms with van der Waals surface area (Å²) in [4.78, 5) is 0. The molecule has 0 bridgehead atoms. The summed E-state index contributed by atoms with van der Waals surface area (Å²) in [5.41, 5.74) is 1.34. The number of hydrogen-bond acceptors (Lipinski definition) is 0. The molecule has 6 rings (SSSR count). The van der Waals surface area contributed by atoms with Crippen molar-refractivity contribution in [1.82, 2.24) is 0 Å². The summed E-state index contributed by atoms with van der Waals surface area (Å²) in [5, 5.41) is 5.39. The molecular weight excluding hydrogens is 745 g/mol. The van der Waals surface area contributed by atoms with Crippen molar-refractivity contribution in [1.29, 1.82) is 0 Å². The van der Waals surface area contributed by atoms with E-state index in [-0.39, 0.29) is 24.8 Å². The molecule has 0 saturated carbocycles. The van der Waals surface area contributed by atoms with Crippen LogP contribution < -0.4 is 24.8 Å². The van der Waals surface area contributed by atoms with Crippen LogP contribution in [0.5, 0.6) is 0 Å². The quantitative estimate of drug-likeness (QED) is 0.158. The Hall–Kier alpha value is -2.86. The van der Waals surface area contributed by atoms with Crippen LogP contribution in [0.2, 0.25) is 0 Å². The molecule has 0 aromatic heterocycles. The minimum atomic E-state index is -4.41. The van der Waals surface area contributed by atoms with E-state index in [0.29, 0.717) is 25.7 Å². The van der Waals surface area contributed by atoms with Crippen molar-refractivity contribution in [3.63, 3.8) is 0 Å². The molecule has 48 heavy (non-hydrogen) atoms. The van der Waals surface area contributed by atoms with E-state index in [0.717, 1.165) is 48.5 Å². The van der Waals surface area contributed by atoms with Crippen LogP contribution >= 0.6 is 0 Å². The molecule has 0 N–H and O–H groups in total. The third-order valence-corrected chi connectivity index (χ3v) is 9.08. The Morgan fingerprint density at radius 3 is 1.38 bits per heavy atom. The summed E-state index contributed by atoms with van der Waals surface area (Å²) < 4.78 is 75.6. The number of fused-ring (bicyclic) bond motifs is 3. The number of allylic oxidation sites excluding steroid dienone is 4. The molecule has 5 aromatic rings. The average Bonchev–Trinajstić information content (AvgIpc) is 3.66. The number of hydrogen-bond donors (Lipinski definition) is 0. The van der Waals surface area contributed by atoms with Crippen LogP contribution in [0.1, 0.15) is 56.4 Å². The Bertz CT molecular complexity index is 1730. The van der Waals surface area contributed by atoms with E-state index in [1.165, 1.54) is 57.8 Å². The minimum absolute atomic E-state index is 0. The van der Waals surface area contributed by atoms with Gasteiger partial charge in [0.15, 0.2) is 0 Å². The van der Waals surface area contributed by atoms with Crippen LogP contribution in [-0.2, 0) is 36.6 Å². The molecule has 0 aliphatic heterocycles. The van der Waals surface area contributed by atoms with E-state index in [4.69, 9.17) is 0 Å². The molecule has 9 heteroatoms. The zero-order chi connectivity index (χ0) is 33.7. The van der Waals surface area contributed by atoms with Gasteiger partial charge in [0.25, 0.3) is 0 Å². The molecule has 252 valence electrons. The molecule has 1 atom stereocenters. The second-order valence-electron chi connectivity index (χ2n) is 12.0. The molecule has 0 spiro atoms. The van der Waals surface area contributed by atoms with Gasteiger partial charge in [-0.05, 0) is 0 Å². The van der Waals surface area contributed by atoms with Gasteiger partial charge in [0, 0.05) is 0 Å². The molecular formula is C39H34Cl2F6Zr-2. The normalized spacial score (nSPS) is 14.2. The van der Waals surface area contributed by atoms with E-state index < -0.39 is 23.5 Å². The zero-order valence-electron chi connectivity index (χ0n) is 26.8. The molecule has 1 aliphatic carbocycles. The molecule has 5 aromatic carbocycles. The first kappa shape index (κ1) is 41.3. The van der Waals surface area contributed by atoms with Crippen molar-refractivity contribution < 1.29 is 75.4 Å². The summed E-state index contributed by atoms with van der Waals surface area (Å²) in [6, 6.07) is 28.4. The molecule has 0 fully saturated rings. The number of rotatable bonds is 3. The summed E-state index contributed by atoms with van der Waals surface area (Å²) in [6.45, 7) is 8.94. The van der Waals surface area contributed by atoms with Gasteiger partial charge in [0.2, 0.25) is 0 Å². The number of alkyl halides is 6. The van der Waals surface area contributed by atoms with E-state index in [1.807, 2.05) is 0 Å². The Morgan fingerprint density at radius 1 is 0.667 bits per heavy atom. The van der Waals surface area contributed by atoms with E-state index >= 15 is 0 Å². The fourth-order valence-corrected chi connectivity index (χ4v) is 5.75. The molecule has 0 saturated heterocycles. The Morgan fingerprint density at radius 2 is 1.06 bits per heavy atom. The van der Waals surface area contributed by atoms with Crippen LogP contribution in [-0.4, -0.2) is 3.21 Å². The van der Waals surface area contributed by atoms with Crippen molar-refractivity contribution in [2.45, 2.75) is 46.5 Å². The molecule has 1 unspecified atom stereocenters. The first-order chi connectivity index (χ1) is 21.6. The van der Waals surface area contributed by atoms with Crippen LogP contribution in [0.15, 0.2) is 121 Å². The maximum atomic E-state index is 12.5. The van der Waals surface area contributed by atoms with Gasteiger partial charge < -0.3 is 24.8 Å². The van der Waals surface area contributed by atoms with Crippen molar-refractivity contribution in [2.24, 2.45) is 11.3 Å². The monoisotopic (exact) mass is 776 g/mol. The Kier molecular flexibility index (Phi) is 14.8. The van der Waals surface area contributed by atoms with Gasteiger partial charge in [0.1, 0.15) is 0 Å². The van der Waals surface area contributed by atoms with Crippen LogP contribution in [0.25, 0.3) is 21.5 Å². The van der Waals surface area contributed by atoms with Crippen LogP contribution in [0, 0.1) is 17.4 Å². The van der Waals surface area contributed by atoms with Gasteiger partial charge in [-0.15, -0.1) is 39.7 Å².